The fourth-order valence-electron chi connectivity index (χ4n) is 1.30. The lowest BCUT2D eigenvalue weighted by Crippen LogP contribution is -2.16. The van der Waals surface area contributed by atoms with Crippen LogP contribution in [0.1, 0.15) is 39.7 Å². The molecule has 0 unspecified atom stereocenters. The molecule has 1 heteroatoms. The van der Waals surface area contributed by atoms with Crippen molar-refractivity contribution in [1.82, 2.24) is 0 Å². The van der Waals surface area contributed by atoms with Crippen molar-refractivity contribution in [3.05, 3.63) is 47.5 Å². The van der Waals surface area contributed by atoms with Crippen LogP contribution in [0, 0.1) is 0 Å². The molecule has 0 saturated carbocycles. The number of rotatable bonds is 3. The molecule has 1 atom stereocenters. The van der Waals surface area contributed by atoms with Crippen LogP contribution in [0.5, 0.6) is 0 Å². The van der Waals surface area contributed by atoms with Crippen LogP contribution in [0.3, 0.4) is 0 Å². The van der Waals surface area contributed by atoms with E-state index in [2.05, 4.69) is 32.6 Å². The SMILES string of the molecule is C=C[C@](C)(CC)c1ccc(Cl)cc1.CC. The highest BCUT2D eigenvalue weighted by molar-refractivity contribution is 6.30. The molecule has 0 aliphatic carbocycles. The van der Waals surface area contributed by atoms with Gasteiger partial charge in [0.15, 0.2) is 0 Å². The maximum absolute atomic E-state index is 5.82. The molecular formula is C14H21Cl. The molecule has 84 valence electrons. The molecule has 1 aromatic carbocycles. The van der Waals surface area contributed by atoms with Crippen LogP contribution in [0.2, 0.25) is 5.02 Å². The van der Waals surface area contributed by atoms with Crippen molar-refractivity contribution in [3.8, 4) is 0 Å². The molecule has 0 radical (unpaired) electrons. The Kier molecular flexibility index (Phi) is 6.35. The first-order valence-electron chi connectivity index (χ1n) is 5.52. The molecule has 0 amide bonds. The summed E-state index contributed by atoms with van der Waals surface area (Å²) in [6.07, 6.45) is 3.05. The van der Waals surface area contributed by atoms with E-state index in [4.69, 9.17) is 11.6 Å². The molecule has 0 aliphatic rings. The lowest BCUT2D eigenvalue weighted by molar-refractivity contribution is 0.574. The Labute approximate surface area is 99.0 Å². The van der Waals surface area contributed by atoms with Crippen LogP contribution < -0.4 is 0 Å². The fraction of sp³-hybridized carbons (Fsp3) is 0.429. The van der Waals surface area contributed by atoms with Gasteiger partial charge in [-0.15, -0.1) is 6.58 Å². The van der Waals surface area contributed by atoms with Gasteiger partial charge in [-0.2, -0.15) is 0 Å². The van der Waals surface area contributed by atoms with Crippen LogP contribution in [0.4, 0.5) is 0 Å². The summed E-state index contributed by atoms with van der Waals surface area (Å²) < 4.78 is 0. The maximum atomic E-state index is 5.82. The zero-order chi connectivity index (χ0) is 11.9. The first-order valence-corrected chi connectivity index (χ1v) is 5.90. The molecule has 15 heavy (non-hydrogen) atoms. The molecule has 0 aromatic heterocycles. The molecule has 0 spiro atoms. The number of benzene rings is 1. The number of hydrogen-bond acceptors (Lipinski definition) is 0. The highest BCUT2D eigenvalue weighted by Gasteiger charge is 2.19. The second-order valence-electron chi connectivity index (χ2n) is 3.48. The predicted octanol–water partition coefficient (Wildman–Crippen LogP) is 5.22. The quantitative estimate of drug-likeness (QED) is 0.618. The van der Waals surface area contributed by atoms with E-state index < -0.39 is 0 Å². The van der Waals surface area contributed by atoms with Gasteiger partial charge in [0.25, 0.3) is 0 Å². The third-order valence-electron chi connectivity index (χ3n) is 2.69. The van der Waals surface area contributed by atoms with Crippen LogP contribution in [-0.4, -0.2) is 0 Å². The summed E-state index contributed by atoms with van der Waals surface area (Å²) >= 11 is 5.82. The van der Waals surface area contributed by atoms with Gasteiger partial charge in [0, 0.05) is 10.4 Å². The molecular weight excluding hydrogens is 204 g/mol. The van der Waals surface area contributed by atoms with E-state index in [0.717, 1.165) is 11.4 Å². The summed E-state index contributed by atoms with van der Waals surface area (Å²) in [4.78, 5) is 0. The van der Waals surface area contributed by atoms with Crippen LogP contribution in [0.15, 0.2) is 36.9 Å². The van der Waals surface area contributed by atoms with Gasteiger partial charge in [0.2, 0.25) is 0 Å². The minimum atomic E-state index is 0.0740. The Balaban J connectivity index is 0.000000921. The summed E-state index contributed by atoms with van der Waals surface area (Å²) in [6, 6.07) is 7.98. The highest BCUT2D eigenvalue weighted by atomic mass is 35.5. The largest absolute Gasteiger partial charge is 0.102 e. The van der Waals surface area contributed by atoms with Crippen molar-refractivity contribution in [2.75, 3.05) is 0 Å². The van der Waals surface area contributed by atoms with E-state index in [1.165, 1.54) is 5.56 Å². The molecule has 1 aromatic rings. The predicted molar refractivity (Wildman–Crippen MR) is 70.6 cm³/mol. The first kappa shape index (κ1) is 14.2. The van der Waals surface area contributed by atoms with Gasteiger partial charge in [-0.05, 0) is 24.1 Å². The van der Waals surface area contributed by atoms with E-state index in [1.807, 2.05) is 32.1 Å². The first-order chi connectivity index (χ1) is 7.12. The van der Waals surface area contributed by atoms with Crippen molar-refractivity contribution >= 4 is 11.6 Å². The fourth-order valence-corrected chi connectivity index (χ4v) is 1.42. The van der Waals surface area contributed by atoms with Gasteiger partial charge < -0.3 is 0 Å². The Morgan fingerprint density at radius 2 is 1.73 bits per heavy atom. The average molecular weight is 225 g/mol. The maximum Gasteiger partial charge on any atom is 0.0406 e. The summed E-state index contributed by atoms with van der Waals surface area (Å²) in [5.41, 5.74) is 1.35. The number of hydrogen-bond donors (Lipinski definition) is 0. The molecule has 0 heterocycles. The standard InChI is InChI=1S/C12H15Cl.C2H6/c1-4-12(3,5-2)10-6-8-11(13)9-7-10;1-2/h4,6-9H,1,5H2,2-3H3;1-2H3/t12-;/m1./s1. The summed E-state index contributed by atoms with van der Waals surface area (Å²) in [7, 11) is 0. The van der Waals surface area contributed by atoms with Gasteiger partial charge in [-0.1, -0.05) is 57.5 Å². The molecule has 0 aliphatic heterocycles. The Bertz CT molecular complexity index is 287. The Morgan fingerprint density at radius 3 is 2.07 bits per heavy atom. The van der Waals surface area contributed by atoms with Crippen molar-refractivity contribution in [2.24, 2.45) is 0 Å². The van der Waals surface area contributed by atoms with Crippen molar-refractivity contribution in [2.45, 2.75) is 39.5 Å². The zero-order valence-electron chi connectivity index (χ0n) is 10.2. The average Bonchev–Trinajstić information content (AvgIpc) is 2.31. The second kappa shape index (κ2) is 6.68. The third kappa shape index (κ3) is 3.71. The van der Waals surface area contributed by atoms with E-state index in [1.54, 1.807) is 0 Å². The number of halogens is 1. The lowest BCUT2D eigenvalue weighted by atomic mass is 9.80. The smallest absolute Gasteiger partial charge is 0.0406 e. The molecule has 0 bridgehead atoms. The highest BCUT2D eigenvalue weighted by Crippen LogP contribution is 2.29. The van der Waals surface area contributed by atoms with Gasteiger partial charge in [-0.25, -0.2) is 0 Å². The van der Waals surface area contributed by atoms with E-state index >= 15 is 0 Å². The Morgan fingerprint density at radius 1 is 1.27 bits per heavy atom. The summed E-state index contributed by atoms with van der Waals surface area (Å²) in [5, 5.41) is 0.784. The minimum absolute atomic E-state index is 0.0740. The van der Waals surface area contributed by atoms with Crippen molar-refractivity contribution in [3.63, 3.8) is 0 Å². The van der Waals surface area contributed by atoms with E-state index in [0.29, 0.717) is 0 Å². The third-order valence-corrected chi connectivity index (χ3v) is 2.94. The molecule has 0 fully saturated rings. The second-order valence-corrected chi connectivity index (χ2v) is 3.92. The molecule has 0 saturated heterocycles. The molecule has 0 N–H and O–H groups in total. The Hall–Kier alpha value is -0.750. The molecule has 1 rings (SSSR count). The van der Waals surface area contributed by atoms with Gasteiger partial charge in [-0.3, -0.25) is 0 Å². The van der Waals surface area contributed by atoms with Crippen LogP contribution in [-0.2, 0) is 5.41 Å². The monoisotopic (exact) mass is 224 g/mol. The van der Waals surface area contributed by atoms with Crippen molar-refractivity contribution < 1.29 is 0 Å². The van der Waals surface area contributed by atoms with Gasteiger partial charge in [0.05, 0.1) is 0 Å². The number of allylic oxidation sites excluding steroid dienone is 1. The summed E-state index contributed by atoms with van der Waals surface area (Å²) in [5.74, 6) is 0. The van der Waals surface area contributed by atoms with Crippen LogP contribution >= 0.6 is 11.6 Å². The lowest BCUT2D eigenvalue weighted by Gasteiger charge is -2.24. The summed E-state index contributed by atoms with van der Waals surface area (Å²) in [6.45, 7) is 12.2. The van der Waals surface area contributed by atoms with E-state index in [-0.39, 0.29) is 5.41 Å². The zero-order valence-corrected chi connectivity index (χ0v) is 10.9. The normalized spacial score (nSPS) is 13.4. The molecule has 0 nitrogen and oxygen atoms in total. The minimum Gasteiger partial charge on any atom is -0.102 e. The van der Waals surface area contributed by atoms with Crippen LogP contribution in [0.25, 0.3) is 0 Å². The topological polar surface area (TPSA) is 0 Å². The van der Waals surface area contributed by atoms with Gasteiger partial charge >= 0.3 is 0 Å². The van der Waals surface area contributed by atoms with Gasteiger partial charge in [0.1, 0.15) is 0 Å². The van der Waals surface area contributed by atoms with Crippen molar-refractivity contribution in [1.29, 1.82) is 0 Å². The van der Waals surface area contributed by atoms with E-state index in [9.17, 15) is 0 Å².